The molecule has 2 N–H and O–H groups in total. The Morgan fingerprint density at radius 1 is 1.53 bits per heavy atom. The van der Waals surface area contributed by atoms with Gasteiger partial charge in [0.15, 0.2) is 0 Å². The maximum atomic E-state index is 12.2. The smallest absolute Gasteiger partial charge is 0.329 e. The summed E-state index contributed by atoms with van der Waals surface area (Å²) in [4.78, 5) is 25.0. The molecule has 2 unspecified atom stereocenters. The van der Waals surface area contributed by atoms with Crippen LogP contribution in [0.25, 0.3) is 0 Å². The largest absolute Gasteiger partial charge is 0.480 e. The molecule has 2 aliphatic heterocycles. The number of carbonyl (C=O) groups excluding carboxylic acids is 1. The van der Waals surface area contributed by atoms with Gasteiger partial charge in [-0.15, -0.1) is 0 Å². The number of carbonyl (C=O) groups is 2. The summed E-state index contributed by atoms with van der Waals surface area (Å²) in [5.41, 5.74) is -1.06. The minimum absolute atomic E-state index is 0.160. The van der Waals surface area contributed by atoms with E-state index in [1.54, 1.807) is 6.92 Å². The van der Waals surface area contributed by atoms with Gasteiger partial charge in [0.25, 0.3) is 0 Å². The van der Waals surface area contributed by atoms with Crippen molar-refractivity contribution in [3.63, 3.8) is 0 Å². The fourth-order valence-corrected chi connectivity index (χ4v) is 2.45. The van der Waals surface area contributed by atoms with Crippen LogP contribution < -0.4 is 5.32 Å². The first kappa shape index (κ1) is 12.3. The molecule has 0 saturated carbocycles. The minimum Gasteiger partial charge on any atom is -0.480 e. The molecule has 2 rings (SSSR count). The molecule has 0 aromatic carbocycles. The Balaban J connectivity index is 2.10. The zero-order valence-electron chi connectivity index (χ0n) is 9.94. The van der Waals surface area contributed by atoms with Crippen LogP contribution in [0.15, 0.2) is 0 Å². The Labute approximate surface area is 99.9 Å². The first-order chi connectivity index (χ1) is 8.05. The number of nitrogens with zero attached hydrogens (tertiary/aromatic N) is 1. The normalized spacial score (nSPS) is 33.7. The third kappa shape index (κ3) is 2.14. The summed E-state index contributed by atoms with van der Waals surface area (Å²) in [6, 6.07) is -0.402. The molecule has 0 aromatic heterocycles. The number of aliphatic carboxylic acids is 1. The third-order valence-corrected chi connectivity index (χ3v) is 3.59. The Kier molecular flexibility index (Phi) is 3.35. The number of rotatable bonds is 2. The number of nitrogens with one attached hydrogen (secondary N) is 1. The van der Waals surface area contributed by atoms with E-state index >= 15 is 0 Å². The number of amides is 1. The van der Waals surface area contributed by atoms with Crippen molar-refractivity contribution < 1.29 is 19.4 Å². The molecule has 2 aliphatic rings. The van der Waals surface area contributed by atoms with Crippen molar-refractivity contribution in [3.8, 4) is 0 Å². The Morgan fingerprint density at radius 2 is 2.29 bits per heavy atom. The van der Waals surface area contributed by atoms with Crippen molar-refractivity contribution in [2.75, 3.05) is 26.3 Å². The van der Waals surface area contributed by atoms with Crippen LogP contribution in [-0.4, -0.2) is 59.8 Å². The van der Waals surface area contributed by atoms with E-state index in [0.29, 0.717) is 32.7 Å². The van der Waals surface area contributed by atoms with Crippen LogP contribution >= 0.6 is 0 Å². The summed E-state index contributed by atoms with van der Waals surface area (Å²) >= 11 is 0. The van der Waals surface area contributed by atoms with Crippen molar-refractivity contribution in [1.29, 1.82) is 0 Å². The highest BCUT2D eigenvalue weighted by Crippen LogP contribution is 2.29. The van der Waals surface area contributed by atoms with E-state index in [4.69, 9.17) is 4.74 Å². The molecule has 6 nitrogen and oxygen atoms in total. The summed E-state index contributed by atoms with van der Waals surface area (Å²) in [6.07, 6.45) is 1.25. The molecule has 0 radical (unpaired) electrons. The highest BCUT2D eigenvalue weighted by molar-refractivity contribution is 5.90. The molecule has 0 aromatic rings. The van der Waals surface area contributed by atoms with Gasteiger partial charge in [0.1, 0.15) is 11.6 Å². The quantitative estimate of drug-likeness (QED) is 0.678. The summed E-state index contributed by atoms with van der Waals surface area (Å²) in [5.74, 6) is -1.09. The number of likely N-dealkylation sites (tertiary alicyclic amines) is 1. The molecule has 6 heteroatoms. The van der Waals surface area contributed by atoms with E-state index < -0.39 is 17.6 Å². The molecule has 2 heterocycles. The summed E-state index contributed by atoms with van der Waals surface area (Å²) in [6.45, 7) is 3.68. The topological polar surface area (TPSA) is 78.9 Å². The predicted molar refractivity (Wildman–Crippen MR) is 59.6 cm³/mol. The van der Waals surface area contributed by atoms with Gasteiger partial charge < -0.3 is 20.1 Å². The second-order valence-corrected chi connectivity index (χ2v) is 4.75. The van der Waals surface area contributed by atoms with Gasteiger partial charge in [0.2, 0.25) is 5.91 Å². The zero-order chi connectivity index (χ0) is 12.5. The van der Waals surface area contributed by atoms with Gasteiger partial charge in [-0.05, 0) is 19.8 Å². The lowest BCUT2D eigenvalue weighted by atomic mass is 9.98. The van der Waals surface area contributed by atoms with Crippen LogP contribution in [0.2, 0.25) is 0 Å². The van der Waals surface area contributed by atoms with E-state index in [-0.39, 0.29) is 5.91 Å². The molecular weight excluding hydrogens is 224 g/mol. The fraction of sp³-hybridized carbons (Fsp3) is 0.818. The van der Waals surface area contributed by atoms with Gasteiger partial charge in [0.05, 0.1) is 13.2 Å². The lowest BCUT2D eigenvalue weighted by Crippen LogP contribution is -2.59. The van der Waals surface area contributed by atoms with Gasteiger partial charge in [-0.1, -0.05) is 0 Å². The summed E-state index contributed by atoms with van der Waals surface area (Å²) < 4.78 is 5.23. The SMILES string of the molecule is CC1(C(=O)O)CCCN1C(=O)C1COCCN1. The Morgan fingerprint density at radius 3 is 2.88 bits per heavy atom. The number of carboxylic acids is 1. The zero-order valence-corrected chi connectivity index (χ0v) is 9.94. The van der Waals surface area contributed by atoms with Crippen LogP contribution in [-0.2, 0) is 14.3 Å². The molecule has 96 valence electrons. The molecule has 2 saturated heterocycles. The van der Waals surface area contributed by atoms with Crippen LogP contribution in [0.5, 0.6) is 0 Å². The van der Waals surface area contributed by atoms with Crippen molar-refractivity contribution in [2.24, 2.45) is 0 Å². The van der Waals surface area contributed by atoms with Crippen LogP contribution in [0.1, 0.15) is 19.8 Å². The lowest BCUT2D eigenvalue weighted by Gasteiger charge is -2.35. The standard InChI is InChI=1S/C11H18N2O4/c1-11(10(15)16)3-2-5-13(11)9(14)8-7-17-6-4-12-8/h8,12H,2-7H2,1H3,(H,15,16). The van der Waals surface area contributed by atoms with Crippen LogP contribution in [0, 0.1) is 0 Å². The molecule has 0 bridgehead atoms. The van der Waals surface area contributed by atoms with E-state index in [0.717, 1.165) is 6.42 Å². The Bertz CT molecular complexity index is 327. The molecule has 0 aliphatic carbocycles. The average Bonchev–Trinajstić information content (AvgIpc) is 2.73. The van der Waals surface area contributed by atoms with E-state index in [9.17, 15) is 14.7 Å². The van der Waals surface area contributed by atoms with Crippen molar-refractivity contribution in [2.45, 2.75) is 31.3 Å². The summed E-state index contributed by atoms with van der Waals surface area (Å²) in [5, 5.41) is 12.3. The van der Waals surface area contributed by atoms with Gasteiger partial charge >= 0.3 is 5.97 Å². The molecule has 2 fully saturated rings. The monoisotopic (exact) mass is 242 g/mol. The maximum Gasteiger partial charge on any atom is 0.329 e. The van der Waals surface area contributed by atoms with Gasteiger partial charge in [-0.3, -0.25) is 4.79 Å². The second-order valence-electron chi connectivity index (χ2n) is 4.75. The highest BCUT2D eigenvalue weighted by atomic mass is 16.5. The van der Waals surface area contributed by atoms with E-state index in [2.05, 4.69) is 5.32 Å². The lowest BCUT2D eigenvalue weighted by molar-refractivity contribution is -0.157. The van der Waals surface area contributed by atoms with E-state index in [1.165, 1.54) is 4.90 Å². The minimum atomic E-state index is -1.06. The number of carboxylic acid groups (broad SMARTS) is 1. The van der Waals surface area contributed by atoms with Crippen molar-refractivity contribution in [3.05, 3.63) is 0 Å². The molecule has 0 spiro atoms. The maximum absolute atomic E-state index is 12.2. The molecule has 1 amide bonds. The first-order valence-corrected chi connectivity index (χ1v) is 5.92. The van der Waals surface area contributed by atoms with Gasteiger partial charge in [-0.25, -0.2) is 4.79 Å². The molecule has 2 atom stereocenters. The predicted octanol–water partition coefficient (Wildman–Crippen LogP) is -0.559. The van der Waals surface area contributed by atoms with Gasteiger partial charge in [-0.2, -0.15) is 0 Å². The summed E-state index contributed by atoms with van der Waals surface area (Å²) in [7, 11) is 0. The van der Waals surface area contributed by atoms with Crippen LogP contribution in [0.4, 0.5) is 0 Å². The number of hydrogen-bond donors (Lipinski definition) is 2. The third-order valence-electron chi connectivity index (χ3n) is 3.59. The first-order valence-electron chi connectivity index (χ1n) is 5.92. The van der Waals surface area contributed by atoms with Crippen LogP contribution in [0.3, 0.4) is 0 Å². The fourth-order valence-electron chi connectivity index (χ4n) is 2.45. The average molecular weight is 242 g/mol. The molecular formula is C11H18N2O4. The molecule has 17 heavy (non-hydrogen) atoms. The van der Waals surface area contributed by atoms with Gasteiger partial charge in [0, 0.05) is 13.1 Å². The van der Waals surface area contributed by atoms with Crippen molar-refractivity contribution >= 4 is 11.9 Å². The van der Waals surface area contributed by atoms with Crippen molar-refractivity contribution in [1.82, 2.24) is 10.2 Å². The highest BCUT2D eigenvalue weighted by Gasteiger charge is 2.47. The number of hydrogen-bond acceptors (Lipinski definition) is 4. The Hall–Kier alpha value is -1.14. The van der Waals surface area contributed by atoms with E-state index in [1.807, 2.05) is 0 Å². The number of ether oxygens (including phenoxy) is 1. The second kappa shape index (κ2) is 4.62. The number of morpholine rings is 1.